The summed E-state index contributed by atoms with van der Waals surface area (Å²) in [7, 11) is 4.37. The summed E-state index contributed by atoms with van der Waals surface area (Å²) in [5.41, 5.74) is 2.41. The summed E-state index contributed by atoms with van der Waals surface area (Å²) in [4.78, 5) is 85.1. The summed E-state index contributed by atoms with van der Waals surface area (Å²) in [5.74, 6) is -2.00. The minimum Gasteiger partial charge on any atom is -0.495 e. The van der Waals surface area contributed by atoms with Gasteiger partial charge in [0.1, 0.15) is 17.1 Å². The molecule has 2 heterocycles. The van der Waals surface area contributed by atoms with Gasteiger partial charge in [-0.15, -0.1) is 5.06 Å². The number of methoxy groups -OCH3 is 3. The van der Waals surface area contributed by atoms with E-state index in [4.69, 9.17) is 19.0 Å². The van der Waals surface area contributed by atoms with Crippen molar-refractivity contribution >= 4 is 41.5 Å². The van der Waals surface area contributed by atoms with Crippen LogP contribution in [0, 0.1) is 41.4 Å². The maximum atomic E-state index is 14.0. The third kappa shape index (κ3) is 7.49. The first-order valence-corrected chi connectivity index (χ1v) is 21.1. The van der Waals surface area contributed by atoms with Crippen molar-refractivity contribution in [1.29, 1.82) is 0 Å². The second-order valence-electron chi connectivity index (χ2n) is 17.0. The van der Waals surface area contributed by atoms with Crippen molar-refractivity contribution in [3.05, 3.63) is 95.1 Å². The molecule has 0 aromatic heterocycles. The number of carbonyl (C=O) groups is 6. The van der Waals surface area contributed by atoms with Crippen LogP contribution >= 0.6 is 0 Å². The fraction of sp³-hybridized carbons (Fsp3) is 0.458. The van der Waals surface area contributed by atoms with E-state index in [0.717, 1.165) is 30.4 Å². The average molecular weight is 817 g/mol. The molecule has 8 unspecified atom stereocenters. The van der Waals surface area contributed by atoms with Crippen molar-refractivity contribution < 1.29 is 47.8 Å². The lowest BCUT2D eigenvalue weighted by Gasteiger charge is -2.24. The molecule has 4 fully saturated rings. The lowest BCUT2D eigenvalue weighted by atomic mass is 9.85. The molecule has 6 aliphatic rings. The van der Waals surface area contributed by atoms with Gasteiger partial charge in [0.2, 0.25) is 11.8 Å². The van der Waals surface area contributed by atoms with Crippen LogP contribution in [0.4, 0.5) is 0 Å². The molecule has 2 saturated heterocycles. The lowest BCUT2D eigenvalue weighted by molar-refractivity contribution is -0.172. The smallest absolute Gasteiger partial charge is 0.371 e. The SMILES string of the molecule is COc1c(OC)c2c(c(OC)c1C(=O)ON1C(=O)CCC1=O)C(/C=C\C1CC(C=CCCC(C)=O)[C@@H](CN3C(=O)C4C5C=CC(C5)C4C3=O)C1)CC2C=Cc1ccccc1. The number of hydrogen-bond acceptors (Lipinski definition) is 10. The van der Waals surface area contributed by atoms with Crippen molar-refractivity contribution in [2.75, 3.05) is 27.9 Å². The second-order valence-corrected chi connectivity index (χ2v) is 17.0. The van der Waals surface area contributed by atoms with Crippen molar-refractivity contribution in [2.45, 2.75) is 70.1 Å². The van der Waals surface area contributed by atoms with Crippen LogP contribution in [0.15, 0.2) is 72.9 Å². The van der Waals surface area contributed by atoms with Crippen LogP contribution in [0.3, 0.4) is 0 Å². The molecule has 4 aliphatic carbocycles. The van der Waals surface area contributed by atoms with E-state index < -0.39 is 17.8 Å². The number of carbonyl (C=O) groups excluding carboxylic acids is 6. The van der Waals surface area contributed by atoms with Crippen molar-refractivity contribution in [3.63, 3.8) is 0 Å². The predicted molar refractivity (Wildman–Crippen MR) is 221 cm³/mol. The van der Waals surface area contributed by atoms with E-state index >= 15 is 0 Å². The highest BCUT2D eigenvalue weighted by molar-refractivity contribution is 6.06. The molecule has 2 aromatic rings. The van der Waals surface area contributed by atoms with E-state index in [1.807, 2.05) is 36.4 Å². The van der Waals surface area contributed by atoms with Crippen LogP contribution in [0.5, 0.6) is 17.2 Å². The van der Waals surface area contributed by atoms with Crippen LogP contribution in [0.25, 0.3) is 6.08 Å². The molecular weight excluding hydrogens is 765 g/mol. The zero-order valence-electron chi connectivity index (χ0n) is 34.5. The molecule has 4 amide bonds. The highest BCUT2D eigenvalue weighted by Crippen LogP contribution is 2.58. The average Bonchev–Trinajstić information content (AvgIpc) is 4.11. The number of hydroxylamine groups is 2. The maximum absolute atomic E-state index is 14.0. The summed E-state index contributed by atoms with van der Waals surface area (Å²) >= 11 is 0. The van der Waals surface area contributed by atoms with Gasteiger partial charge in [-0.1, -0.05) is 78.9 Å². The molecule has 314 valence electrons. The molecular formula is C48H52N2O10. The first-order chi connectivity index (χ1) is 29.0. The number of rotatable bonds is 15. The zero-order valence-corrected chi connectivity index (χ0v) is 34.5. The number of nitrogens with zero attached hydrogens (tertiary/aromatic N) is 2. The van der Waals surface area contributed by atoms with Gasteiger partial charge >= 0.3 is 5.97 Å². The number of allylic oxidation sites excluding steroid dienone is 7. The largest absolute Gasteiger partial charge is 0.495 e. The van der Waals surface area contributed by atoms with Crippen molar-refractivity contribution in [3.8, 4) is 17.2 Å². The highest BCUT2D eigenvalue weighted by atomic mass is 16.7. The van der Waals surface area contributed by atoms with E-state index in [1.165, 1.54) is 21.3 Å². The summed E-state index contributed by atoms with van der Waals surface area (Å²) in [6.07, 6.45) is 21.0. The van der Waals surface area contributed by atoms with Crippen LogP contribution in [-0.2, 0) is 28.8 Å². The Morgan fingerprint density at radius 3 is 2.00 bits per heavy atom. The number of amides is 4. The van der Waals surface area contributed by atoms with Gasteiger partial charge in [0.15, 0.2) is 11.5 Å². The van der Waals surface area contributed by atoms with E-state index in [0.29, 0.717) is 42.2 Å². The van der Waals surface area contributed by atoms with E-state index in [1.54, 1.807) is 11.8 Å². The van der Waals surface area contributed by atoms with E-state index in [2.05, 4.69) is 42.5 Å². The van der Waals surface area contributed by atoms with Gasteiger partial charge in [-0.3, -0.25) is 24.1 Å². The fourth-order valence-electron chi connectivity index (χ4n) is 10.7. The standard InChI is InChI=1S/C48H52N2O10/c1-27(51)10-8-9-13-30-22-29(23-35(30)26-49-46(54)40-33-18-19-34(25-33)41(40)47(49)55)15-17-31-24-32(16-14-28-11-6-5-7-12-28)39-38(31)43(57-2)42(45(59-4)44(39)58-3)48(56)60-50-36(52)20-21-37(50)53/h5-7,9,11-19,29-35,40-41H,8,10,20-26H2,1-4H3/b13-9?,16-14?,17-15-/t29?,30?,31?,32?,33?,34?,35-,40?,41?/m1/s1. The van der Waals surface area contributed by atoms with Crippen LogP contribution in [0.1, 0.15) is 97.2 Å². The summed E-state index contributed by atoms with van der Waals surface area (Å²) in [6.45, 7) is 1.95. The lowest BCUT2D eigenvalue weighted by Crippen LogP contribution is -2.37. The minimum atomic E-state index is -0.989. The number of hydrogen-bond donors (Lipinski definition) is 0. The normalized spacial score (nSPS) is 29.2. The predicted octanol–water partition coefficient (Wildman–Crippen LogP) is 7.15. The van der Waals surface area contributed by atoms with Gasteiger partial charge in [0.25, 0.3) is 11.8 Å². The molecule has 8 rings (SSSR count). The highest BCUT2D eigenvalue weighted by Gasteiger charge is 2.59. The van der Waals surface area contributed by atoms with Gasteiger partial charge in [-0.05, 0) is 74.2 Å². The number of imide groups is 2. The van der Waals surface area contributed by atoms with Gasteiger partial charge in [-0.25, -0.2) is 4.79 Å². The summed E-state index contributed by atoms with van der Waals surface area (Å²) in [6, 6.07) is 9.92. The Morgan fingerprint density at radius 2 is 1.37 bits per heavy atom. The molecule has 0 N–H and O–H groups in total. The van der Waals surface area contributed by atoms with Crippen LogP contribution < -0.4 is 14.2 Å². The quantitative estimate of drug-likeness (QED) is 0.134. The molecule has 2 saturated carbocycles. The van der Waals surface area contributed by atoms with Gasteiger partial charge in [0, 0.05) is 48.8 Å². The first-order valence-electron chi connectivity index (χ1n) is 21.1. The van der Waals surface area contributed by atoms with Gasteiger partial charge in [0.05, 0.1) is 33.2 Å². The Balaban J connectivity index is 1.12. The summed E-state index contributed by atoms with van der Waals surface area (Å²) in [5, 5.41) is 0.502. The number of ether oxygens (including phenoxy) is 3. The zero-order chi connectivity index (χ0) is 42.2. The van der Waals surface area contributed by atoms with Gasteiger partial charge in [-0.2, -0.15) is 0 Å². The number of fused-ring (bicyclic) bond motifs is 6. The van der Waals surface area contributed by atoms with Crippen LogP contribution in [0.2, 0.25) is 0 Å². The fourth-order valence-corrected chi connectivity index (χ4v) is 10.7. The number of Topliss-reactive ketones (excluding diaryl/α,β-unsaturated/α-hetero) is 1. The Hall–Kier alpha value is -5.78. The molecule has 12 nitrogen and oxygen atoms in total. The molecule has 0 spiro atoms. The minimum absolute atomic E-state index is 0.0402. The number of likely N-dealkylation sites (tertiary alicyclic amines) is 1. The van der Waals surface area contributed by atoms with Gasteiger partial charge < -0.3 is 23.8 Å². The number of benzene rings is 2. The Morgan fingerprint density at radius 1 is 0.733 bits per heavy atom. The molecule has 60 heavy (non-hydrogen) atoms. The Labute approximate surface area is 350 Å². The molecule has 12 heteroatoms. The topological polar surface area (TPSA) is 146 Å². The first kappa shape index (κ1) is 41.0. The Bertz CT molecular complexity index is 2160. The Kier molecular flexibility index (Phi) is 11.7. The molecule has 2 bridgehead atoms. The van der Waals surface area contributed by atoms with Crippen LogP contribution in [-0.4, -0.2) is 73.2 Å². The molecule has 2 aromatic carbocycles. The summed E-state index contributed by atoms with van der Waals surface area (Å²) < 4.78 is 17.9. The second kappa shape index (κ2) is 17.1. The molecule has 0 radical (unpaired) electrons. The third-order valence-corrected chi connectivity index (χ3v) is 13.4. The molecule has 2 aliphatic heterocycles. The molecule has 9 atom stereocenters. The van der Waals surface area contributed by atoms with Crippen molar-refractivity contribution in [2.24, 2.45) is 41.4 Å². The maximum Gasteiger partial charge on any atom is 0.371 e. The van der Waals surface area contributed by atoms with E-state index in [9.17, 15) is 28.8 Å². The van der Waals surface area contributed by atoms with Crippen molar-refractivity contribution in [1.82, 2.24) is 9.96 Å². The third-order valence-electron chi connectivity index (χ3n) is 13.4. The van der Waals surface area contributed by atoms with E-state index in [-0.39, 0.29) is 101 Å². The monoisotopic (exact) mass is 816 g/mol. The number of ketones is 1.